The molecule has 2 aliphatic carbocycles. The van der Waals surface area contributed by atoms with Crippen molar-refractivity contribution < 1.29 is 9.47 Å². The van der Waals surface area contributed by atoms with Gasteiger partial charge in [-0.15, -0.1) is 0 Å². The Hall–Kier alpha value is -16.5. The fraction of sp³-hybridized carbons (Fsp3) is 0.0174. The summed E-state index contributed by atoms with van der Waals surface area (Å²) in [5, 5.41) is 8.40. The molecule has 4 aliphatic rings. The van der Waals surface area contributed by atoms with Gasteiger partial charge in [0.05, 0.1) is 78.4 Å². The van der Waals surface area contributed by atoms with Gasteiger partial charge in [-0.1, -0.05) is 340 Å². The van der Waals surface area contributed by atoms with Gasteiger partial charge in [-0.05, 0) is 128 Å². The van der Waals surface area contributed by atoms with Crippen LogP contribution < -0.4 is 9.47 Å². The van der Waals surface area contributed by atoms with Gasteiger partial charge in [-0.25, -0.2) is 24.9 Å². The second-order valence-corrected chi connectivity index (χ2v) is 32.3. The number of benzene rings is 15. The first-order chi connectivity index (χ1) is 61.5. The van der Waals surface area contributed by atoms with Gasteiger partial charge in [0.25, 0.3) is 0 Å². The summed E-state index contributed by atoms with van der Waals surface area (Å²) < 4.78 is 15.2. The molecule has 0 saturated heterocycles. The number of ether oxygens (including phenoxy) is 2. The highest BCUT2D eigenvalue weighted by molar-refractivity contribution is 6.17. The average molecular weight is 1580 g/mol. The van der Waals surface area contributed by atoms with Crippen LogP contribution in [0.2, 0.25) is 0 Å². The Morgan fingerprint density at radius 3 is 1.04 bits per heavy atom. The minimum absolute atomic E-state index is 0.654. The van der Waals surface area contributed by atoms with Gasteiger partial charge in [-0.2, -0.15) is 0 Å². The molecule has 0 radical (unpaired) electrons. The largest absolute Gasteiger partial charge is 0.455 e. The van der Waals surface area contributed by atoms with Gasteiger partial charge in [-0.3, -0.25) is 9.97 Å². The van der Waals surface area contributed by atoms with Crippen molar-refractivity contribution in [3.63, 3.8) is 0 Å². The fourth-order valence-electron chi connectivity index (χ4n) is 20.4. The first-order valence-electron chi connectivity index (χ1n) is 42.1. The predicted octanol–water partition coefficient (Wildman–Crippen LogP) is 28.3. The van der Waals surface area contributed by atoms with E-state index in [2.05, 4.69) is 374 Å². The standard InChI is InChI=1S/C59H36N4O.C56H33N3O/c1-2-15-39(16-3-1)56-45-31-32-49-58(55(45)44-19-6-9-24-50(44)63-56)64-57-41(20-14-23-48(57)59(49)46-21-7-4-17-42(46)43-18-5-8-22-47(43)59)38-29-27-37(28-30-38)40-35-53(51-25-10-12-33-60-51)62-54(36-40)52-26-11-13-34-61-52;1-3-14-34(15-4-1)47-32-28-36-26-27-37-29-33-49(59-53(37)52(36)57-47)41-21-13-24-45-54(41)60-55-46(56(45)43-22-10-7-18-38(43)39-19-8-11-23-44(39)56)31-30-42-50(55)40-20-9-12-25-48(40)58-51(42)35-16-5-2-6-17-35/h1-36H;1-33H. The number of hydrogen-bond acceptors (Lipinski definition) is 9. The van der Waals surface area contributed by atoms with E-state index in [1.54, 1.807) is 12.4 Å². The highest BCUT2D eigenvalue weighted by atomic mass is 16.5. The molecule has 26 rings (SSSR count). The predicted molar refractivity (Wildman–Crippen MR) is 501 cm³/mol. The monoisotopic (exact) mass is 1580 g/mol. The van der Waals surface area contributed by atoms with Crippen LogP contribution in [0.3, 0.4) is 0 Å². The molecule has 0 fully saturated rings. The van der Waals surface area contributed by atoms with Crippen molar-refractivity contribution in [2.75, 3.05) is 0 Å². The summed E-state index contributed by atoms with van der Waals surface area (Å²) in [5.74, 6) is 3.35. The number of nitrogens with zero attached hydrogens (tertiary/aromatic N) is 7. The van der Waals surface area contributed by atoms with Crippen molar-refractivity contribution in [3.8, 4) is 135 Å². The van der Waals surface area contributed by atoms with Crippen molar-refractivity contribution >= 4 is 65.2 Å². The van der Waals surface area contributed by atoms with Crippen LogP contribution in [0, 0.1) is 0 Å². The normalized spacial score (nSPS) is 13.1. The molecule has 15 aromatic carbocycles. The first-order valence-corrected chi connectivity index (χ1v) is 42.1. The van der Waals surface area contributed by atoms with E-state index in [9.17, 15) is 0 Å². The molecule has 0 amide bonds. The second kappa shape index (κ2) is 28.1. The van der Waals surface area contributed by atoms with Crippen LogP contribution in [-0.4, -0.2) is 34.9 Å². The van der Waals surface area contributed by atoms with Crippen molar-refractivity contribution in [1.29, 1.82) is 0 Å². The van der Waals surface area contributed by atoms with Gasteiger partial charge in [0.2, 0.25) is 0 Å². The molecule has 9 nitrogen and oxygen atoms in total. The van der Waals surface area contributed by atoms with Crippen LogP contribution in [-0.2, 0) is 10.8 Å². The van der Waals surface area contributed by atoms with Gasteiger partial charge >= 0.3 is 0 Å². The maximum atomic E-state index is 7.59. The minimum Gasteiger partial charge on any atom is -0.455 e. The van der Waals surface area contributed by atoms with E-state index in [0.29, 0.717) is 0 Å². The van der Waals surface area contributed by atoms with Crippen LogP contribution in [0.15, 0.2) is 419 Å². The molecule has 0 saturated carbocycles. The number of para-hydroxylation sites is 4. The molecule has 22 aromatic rings. The Labute approximate surface area is 714 Å². The number of rotatable bonds is 8. The molecule has 9 heterocycles. The molecule has 0 N–H and O–H groups in total. The maximum absolute atomic E-state index is 7.59. The van der Waals surface area contributed by atoms with E-state index in [1.165, 1.54) is 44.5 Å². The first kappa shape index (κ1) is 70.5. The molecular formula is C115H69N7O2. The van der Waals surface area contributed by atoms with Crippen molar-refractivity contribution in [2.45, 2.75) is 10.8 Å². The summed E-state index contributed by atoms with van der Waals surface area (Å²) in [6.45, 7) is 0. The summed E-state index contributed by atoms with van der Waals surface area (Å²) in [6.07, 6.45) is 3.61. The third kappa shape index (κ3) is 10.7. The molecule has 124 heavy (non-hydrogen) atoms. The Kier molecular flexibility index (Phi) is 16.0. The molecule has 576 valence electrons. The number of pyridine rings is 7. The molecule has 0 unspecified atom stereocenters. The quantitative estimate of drug-likeness (QED) is 0.137. The lowest BCUT2D eigenvalue weighted by molar-refractivity contribution is 0.443. The van der Waals surface area contributed by atoms with Gasteiger partial charge in [0, 0.05) is 106 Å². The smallest absolute Gasteiger partial charge is 0.141 e. The second-order valence-electron chi connectivity index (χ2n) is 32.3. The Balaban J connectivity index is 0.000000136. The van der Waals surface area contributed by atoms with E-state index in [1.807, 2.05) is 42.5 Å². The summed E-state index contributed by atoms with van der Waals surface area (Å²) in [4.78, 5) is 35.6. The van der Waals surface area contributed by atoms with E-state index < -0.39 is 10.8 Å². The summed E-state index contributed by atoms with van der Waals surface area (Å²) in [7, 11) is 0. The minimum atomic E-state index is -0.673. The van der Waals surface area contributed by atoms with Gasteiger partial charge in [0.15, 0.2) is 0 Å². The lowest BCUT2D eigenvalue weighted by Crippen LogP contribution is -2.32. The van der Waals surface area contributed by atoms with E-state index >= 15 is 0 Å². The van der Waals surface area contributed by atoms with E-state index in [0.717, 1.165) is 200 Å². The Morgan fingerprint density at radius 2 is 0.565 bits per heavy atom. The third-order valence-electron chi connectivity index (χ3n) is 25.8. The highest BCUT2D eigenvalue weighted by Crippen LogP contribution is 2.67. The molecular weight excluding hydrogens is 1510 g/mol. The van der Waals surface area contributed by atoms with Gasteiger partial charge in [0.1, 0.15) is 23.0 Å². The summed E-state index contributed by atoms with van der Waals surface area (Å²) in [6, 6.07) is 144. The Morgan fingerprint density at radius 1 is 0.194 bits per heavy atom. The Bertz CT molecular complexity index is 8020. The number of aromatic nitrogens is 7. The van der Waals surface area contributed by atoms with Crippen LogP contribution in [0.1, 0.15) is 44.5 Å². The highest BCUT2D eigenvalue weighted by Gasteiger charge is 2.54. The molecule has 0 bridgehead atoms. The zero-order chi connectivity index (χ0) is 81.6. The number of hydrogen-bond donors (Lipinski definition) is 0. The van der Waals surface area contributed by atoms with Crippen LogP contribution in [0.25, 0.3) is 177 Å². The lowest BCUT2D eigenvalue weighted by Gasteiger charge is -2.40. The maximum Gasteiger partial charge on any atom is 0.141 e. The summed E-state index contributed by atoms with van der Waals surface area (Å²) in [5.41, 5.74) is 31.7. The molecule has 0 atom stereocenters. The summed E-state index contributed by atoms with van der Waals surface area (Å²) >= 11 is 0. The average Bonchev–Trinajstić information content (AvgIpc) is 1.52. The van der Waals surface area contributed by atoms with E-state index in [4.69, 9.17) is 34.4 Å². The van der Waals surface area contributed by atoms with Crippen molar-refractivity contribution in [2.24, 2.45) is 0 Å². The third-order valence-corrected chi connectivity index (χ3v) is 25.8. The zero-order valence-electron chi connectivity index (χ0n) is 66.8. The lowest BCUT2D eigenvalue weighted by atomic mass is 9.65. The van der Waals surface area contributed by atoms with E-state index in [-0.39, 0.29) is 0 Å². The number of fused-ring (bicyclic) bond motifs is 29. The topological polar surface area (TPSA) is 109 Å². The van der Waals surface area contributed by atoms with Crippen LogP contribution in [0.5, 0.6) is 23.0 Å². The molecule has 2 aliphatic heterocycles. The van der Waals surface area contributed by atoms with Crippen LogP contribution in [0.4, 0.5) is 0 Å². The zero-order valence-corrected chi connectivity index (χ0v) is 66.8. The molecule has 9 heteroatoms. The SMILES string of the molecule is c1ccc(-c2ccc3ccc4ccc(-c5cccc6c5Oc5c(ccc7c(-c8ccccc8)nc8ccccc8c57)C65c6ccccc6-c6ccccc65)nc4c3n2)cc1.c1ccc(-c2nc3ccccc3c3c4c(ccc23)C2(c3ccccc3-c3ccccc32)c2cccc(-c3ccc(-c5cc(-c6ccccn6)nc(-c6ccccn6)c5)cc3)c2O4)cc1. The van der Waals surface area contributed by atoms with Crippen molar-refractivity contribution in [3.05, 3.63) is 463 Å². The van der Waals surface area contributed by atoms with Crippen LogP contribution >= 0.6 is 0 Å². The fourth-order valence-corrected chi connectivity index (χ4v) is 20.4. The van der Waals surface area contributed by atoms with Crippen molar-refractivity contribution in [1.82, 2.24) is 34.9 Å². The molecule has 2 spiro atoms. The van der Waals surface area contributed by atoms with Gasteiger partial charge < -0.3 is 9.47 Å². The molecule has 7 aromatic heterocycles.